The smallest absolute Gasteiger partial charge is 0.258 e. The van der Waals surface area contributed by atoms with E-state index in [0.29, 0.717) is 13.1 Å². The molecule has 1 aromatic rings. The van der Waals surface area contributed by atoms with E-state index in [4.69, 9.17) is 5.73 Å². The molecule has 1 amide bonds. The van der Waals surface area contributed by atoms with Gasteiger partial charge in [-0.05, 0) is 30.5 Å². The highest BCUT2D eigenvalue weighted by atomic mass is 16.3. The zero-order valence-electron chi connectivity index (χ0n) is 10.7. The van der Waals surface area contributed by atoms with Crippen molar-refractivity contribution in [1.82, 2.24) is 5.32 Å². The van der Waals surface area contributed by atoms with E-state index in [2.05, 4.69) is 5.32 Å². The summed E-state index contributed by atoms with van der Waals surface area (Å²) in [5.74, 6) is -0.955. The van der Waals surface area contributed by atoms with Gasteiger partial charge >= 0.3 is 0 Å². The minimum absolute atomic E-state index is 0.0963. The number of amides is 1. The second-order valence-corrected chi connectivity index (χ2v) is 5.06. The minimum atomic E-state index is -0.490. The summed E-state index contributed by atoms with van der Waals surface area (Å²) in [6.45, 7) is 4.96. The Bertz CT molecular complexity index is 410. The summed E-state index contributed by atoms with van der Waals surface area (Å²) in [4.78, 5) is 11.9. The van der Waals surface area contributed by atoms with Gasteiger partial charge in [0.15, 0.2) is 0 Å². The van der Waals surface area contributed by atoms with Gasteiger partial charge in [-0.15, -0.1) is 0 Å². The maximum atomic E-state index is 11.9. The molecule has 5 heteroatoms. The number of carbonyl (C=O) groups excluding carboxylic acids is 1. The average Bonchev–Trinajstić information content (AvgIpc) is 2.26. The Morgan fingerprint density at radius 3 is 2.39 bits per heavy atom. The van der Waals surface area contributed by atoms with E-state index >= 15 is 0 Å². The van der Waals surface area contributed by atoms with Gasteiger partial charge in [0.1, 0.15) is 17.1 Å². The lowest BCUT2D eigenvalue weighted by atomic mass is 9.89. The Kier molecular flexibility index (Phi) is 4.55. The molecular weight excluding hydrogens is 232 g/mol. The lowest BCUT2D eigenvalue weighted by Gasteiger charge is -2.24. The van der Waals surface area contributed by atoms with E-state index in [1.54, 1.807) is 0 Å². The van der Waals surface area contributed by atoms with Crippen molar-refractivity contribution >= 4 is 5.91 Å². The van der Waals surface area contributed by atoms with Crippen LogP contribution in [0.25, 0.3) is 0 Å². The molecule has 0 saturated heterocycles. The number of aromatic hydroxyl groups is 2. The van der Waals surface area contributed by atoms with Crippen LogP contribution in [0.4, 0.5) is 0 Å². The molecule has 5 N–H and O–H groups in total. The predicted molar refractivity (Wildman–Crippen MR) is 69.6 cm³/mol. The maximum absolute atomic E-state index is 11.9. The van der Waals surface area contributed by atoms with Gasteiger partial charge in [0.05, 0.1) is 0 Å². The summed E-state index contributed by atoms with van der Waals surface area (Å²) in [7, 11) is 0. The largest absolute Gasteiger partial charge is 0.507 e. The Labute approximate surface area is 107 Å². The van der Waals surface area contributed by atoms with Crippen molar-refractivity contribution in [2.75, 3.05) is 13.1 Å². The first kappa shape index (κ1) is 14.3. The summed E-state index contributed by atoms with van der Waals surface area (Å²) in [5, 5.41) is 21.8. The average molecular weight is 252 g/mol. The molecule has 0 heterocycles. The number of phenolic OH excluding ortho intramolecular Hbond substituents is 2. The third-order valence-electron chi connectivity index (χ3n) is 2.80. The van der Waals surface area contributed by atoms with Crippen LogP contribution in [0.2, 0.25) is 0 Å². The molecule has 0 aromatic heterocycles. The lowest BCUT2D eigenvalue weighted by Crippen LogP contribution is -2.35. The lowest BCUT2D eigenvalue weighted by molar-refractivity contribution is 0.0929. The fraction of sp³-hybridized carbons (Fsp3) is 0.462. The molecule has 0 aliphatic carbocycles. The minimum Gasteiger partial charge on any atom is -0.507 e. The highest BCUT2D eigenvalue weighted by molar-refractivity contribution is 5.99. The number of rotatable bonds is 5. The van der Waals surface area contributed by atoms with Crippen LogP contribution in [0.1, 0.15) is 30.6 Å². The second kappa shape index (κ2) is 5.73. The van der Waals surface area contributed by atoms with Crippen molar-refractivity contribution in [3.63, 3.8) is 0 Å². The molecule has 0 fully saturated rings. The second-order valence-electron chi connectivity index (χ2n) is 5.06. The zero-order valence-corrected chi connectivity index (χ0v) is 10.7. The van der Waals surface area contributed by atoms with E-state index in [-0.39, 0.29) is 22.5 Å². The first-order valence-corrected chi connectivity index (χ1v) is 5.86. The Balaban J connectivity index is 2.72. The summed E-state index contributed by atoms with van der Waals surface area (Å²) in [6, 6.07) is 4.19. The maximum Gasteiger partial charge on any atom is 0.258 e. The van der Waals surface area contributed by atoms with Gasteiger partial charge in [0.25, 0.3) is 5.91 Å². The van der Waals surface area contributed by atoms with Crippen LogP contribution in [0, 0.1) is 5.41 Å². The van der Waals surface area contributed by atoms with Gasteiger partial charge < -0.3 is 21.3 Å². The first-order chi connectivity index (χ1) is 8.37. The fourth-order valence-corrected chi connectivity index (χ4v) is 1.65. The van der Waals surface area contributed by atoms with Gasteiger partial charge in [-0.2, -0.15) is 0 Å². The predicted octanol–water partition coefficient (Wildman–Crippen LogP) is 1.20. The van der Waals surface area contributed by atoms with Crippen LogP contribution in [-0.2, 0) is 0 Å². The van der Waals surface area contributed by atoms with E-state index in [1.807, 2.05) is 13.8 Å². The van der Waals surface area contributed by atoms with E-state index in [1.165, 1.54) is 18.2 Å². The van der Waals surface area contributed by atoms with Crippen LogP contribution in [0.5, 0.6) is 11.5 Å². The van der Waals surface area contributed by atoms with Crippen LogP contribution >= 0.6 is 0 Å². The van der Waals surface area contributed by atoms with Crippen molar-refractivity contribution in [2.24, 2.45) is 11.1 Å². The molecule has 0 aliphatic rings. The molecule has 0 aliphatic heterocycles. The Hall–Kier alpha value is -1.75. The van der Waals surface area contributed by atoms with Crippen LogP contribution in [0.3, 0.4) is 0 Å². The standard InChI is InChI=1S/C13H20N2O3/c1-13(2,6-7-14)8-15-12(18)11-9(16)4-3-5-10(11)17/h3-5,16-17H,6-8,14H2,1-2H3,(H,15,18). The molecule has 0 unspecified atom stereocenters. The number of hydrogen-bond donors (Lipinski definition) is 4. The molecule has 1 aromatic carbocycles. The van der Waals surface area contributed by atoms with E-state index in [9.17, 15) is 15.0 Å². The summed E-state index contributed by atoms with van der Waals surface area (Å²) >= 11 is 0. The third kappa shape index (κ3) is 3.63. The highest BCUT2D eigenvalue weighted by Crippen LogP contribution is 2.26. The molecule has 0 radical (unpaired) electrons. The quantitative estimate of drug-likeness (QED) is 0.633. The summed E-state index contributed by atoms with van der Waals surface area (Å²) < 4.78 is 0. The monoisotopic (exact) mass is 252 g/mol. The zero-order chi connectivity index (χ0) is 13.8. The number of nitrogens with two attached hydrogens (primary N) is 1. The summed E-state index contributed by atoms with van der Waals surface area (Å²) in [6.07, 6.45) is 0.778. The number of hydrogen-bond acceptors (Lipinski definition) is 4. The molecule has 18 heavy (non-hydrogen) atoms. The molecule has 5 nitrogen and oxygen atoms in total. The number of phenols is 2. The Morgan fingerprint density at radius 2 is 1.89 bits per heavy atom. The van der Waals surface area contributed by atoms with Gasteiger partial charge in [-0.1, -0.05) is 19.9 Å². The molecule has 100 valence electrons. The van der Waals surface area contributed by atoms with Crippen molar-refractivity contribution in [3.8, 4) is 11.5 Å². The molecule has 0 spiro atoms. The number of nitrogens with one attached hydrogen (secondary N) is 1. The molecule has 1 rings (SSSR count). The SMILES string of the molecule is CC(C)(CCN)CNC(=O)c1c(O)cccc1O. The molecule has 0 bridgehead atoms. The fourth-order valence-electron chi connectivity index (χ4n) is 1.65. The van der Waals surface area contributed by atoms with E-state index < -0.39 is 5.91 Å². The van der Waals surface area contributed by atoms with Gasteiger partial charge in [0.2, 0.25) is 0 Å². The molecule has 0 atom stereocenters. The van der Waals surface area contributed by atoms with Gasteiger partial charge in [-0.3, -0.25) is 4.79 Å². The topological polar surface area (TPSA) is 95.6 Å². The summed E-state index contributed by atoms with van der Waals surface area (Å²) in [5.41, 5.74) is 5.27. The van der Waals surface area contributed by atoms with Crippen molar-refractivity contribution in [2.45, 2.75) is 20.3 Å². The number of carbonyl (C=O) groups is 1. The molecule has 0 saturated carbocycles. The van der Waals surface area contributed by atoms with Crippen molar-refractivity contribution in [1.29, 1.82) is 0 Å². The van der Waals surface area contributed by atoms with Crippen molar-refractivity contribution in [3.05, 3.63) is 23.8 Å². The van der Waals surface area contributed by atoms with Crippen LogP contribution in [-0.4, -0.2) is 29.2 Å². The molecular formula is C13H20N2O3. The van der Waals surface area contributed by atoms with Crippen molar-refractivity contribution < 1.29 is 15.0 Å². The van der Waals surface area contributed by atoms with Crippen LogP contribution in [0.15, 0.2) is 18.2 Å². The number of benzene rings is 1. The highest BCUT2D eigenvalue weighted by Gasteiger charge is 2.21. The first-order valence-electron chi connectivity index (χ1n) is 5.86. The van der Waals surface area contributed by atoms with Gasteiger partial charge in [0, 0.05) is 6.54 Å². The van der Waals surface area contributed by atoms with Gasteiger partial charge in [-0.25, -0.2) is 0 Å². The third-order valence-corrected chi connectivity index (χ3v) is 2.80. The Morgan fingerprint density at radius 1 is 1.33 bits per heavy atom. The van der Waals surface area contributed by atoms with Crippen LogP contribution < -0.4 is 11.1 Å². The van der Waals surface area contributed by atoms with E-state index in [0.717, 1.165) is 6.42 Å². The normalized spacial score (nSPS) is 11.3.